The van der Waals surface area contributed by atoms with Gasteiger partial charge in [0.2, 0.25) is 11.8 Å². The number of anilines is 1. The molecule has 0 saturated carbocycles. The lowest BCUT2D eigenvalue weighted by Gasteiger charge is -2.46. The lowest BCUT2D eigenvalue weighted by Crippen LogP contribution is -2.65. The predicted octanol–water partition coefficient (Wildman–Crippen LogP) is 6.43. The highest BCUT2D eigenvalue weighted by Crippen LogP contribution is 2.31. The van der Waals surface area contributed by atoms with Crippen LogP contribution in [0.4, 0.5) is 10.5 Å². The van der Waals surface area contributed by atoms with Crippen molar-refractivity contribution in [2.45, 2.75) is 31.7 Å². The minimum atomic E-state index is -0.798. The van der Waals surface area contributed by atoms with Gasteiger partial charge in [0, 0.05) is 37.8 Å². The van der Waals surface area contributed by atoms with Gasteiger partial charge in [-0.25, -0.2) is 4.79 Å². The lowest BCUT2D eigenvalue weighted by molar-refractivity contribution is -0.157. The molecule has 0 unspecified atom stereocenters. The summed E-state index contributed by atoms with van der Waals surface area (Å²) in [6.45, 7) is 0.893. The van der Waals surface area contributed by atoms with Gasteiger partial charge < -0.3 is 20.4 Å². The van der Waals surface area contributed by atoms with Crippen molar-refractivity contribution in [2.75, 3.05) is 25.5 Å². The maximum atomic E-state index is 14.5. The first kappa shape index (κ1) is 34.6. The molecule has 0 aliphatic carbocycles. The van der Waals surface area contributed by atoms with Crippen molar-refractivity contribution in [3.8, 4) is 0 Å². The average Bonchev–Trinajstić information content (AvgIpc) is 3.54. The molecule has 2 atom stereocenters. The summed E-state index contributed by atoms with van der Waals surface area (Å²) in [7, 11) is 1.66. The second-order valence-electron chi connectivity index (χ2n) is 13.8. The molecule has 2 aliphatic heterocycles. The van der Waals surface area contributed by atoms with E-state index in [1.54, 1.807) is 17.0 Å². The molecule has 0 bridgehead atoms. The molecule has 10 heteroatoms. The molecule has 2 saturated heterocycles. The van der Waals surface area contributed by atoms with Gasteiger partial charge in [-0.3, -0.25) is 19.4 Å². The molecule has 10 nitrogen and oxygen atoms in total. The number of urea groups is 1. The SMILES string of the molecule is CN(C(=O)NCc1ccccc1)N1CC(=O)N2[C@@H](Cc3ccc(NC(=O)c4cccc5ccccc45)cc3)C(=O)N(Cc3cccc4ccccc34)C[C@@H]21. The van der Waals surface area contributed by atoms with Crippen molar-refractivity contribution in [1.82, 2.24) is 25.1 Å². The van der Waals surface area contributed by atoms with E-state index >= 15 is 0 Å². The van der Waals surface area contributed by atoms with E-state index in [-0.39, 0.29) is 43.3 Å². The Morgan fingerprint density at radius 3 is 2.13 bits per heavy atom. The van der Waals surface area contributed by atoms with E-state index in [4.69, 9.17) is 0 Å². The van der Waals surface area contributed by atoms with Gasteiger partial charge in [-0.1, -0.05) is 121 Å². The molecule has 0 aromatic heterocycles. The van der Waals surface area contributed by atoms with Crippen LogP contribution in [-0.2, 0) is 29.1 Å². The molecule has 2 N–H and O–H groups in total. The Balaban J connectivity index is 1.04. The second-order valence-corrected chi connectivity index (χ2v) is 13.8. The molecule has 270 valence electrons. The summed E-state index contributed by atoms with van der Waals surface area (Å²) < 4.78 is 0. The molecular formula is C44H40N6O4. The summed E-state index contributed by atoms with van der Waals surface area (Å²) in [6.07, 6.45) is -0.288. The third-order valence-electron chi connectivity index (χ3n) is 10.4. The van der Waals surface area contributed by atoms with Gasteiger partial charge in [0.1, 0.15) is 12.2 Å². The Hall–Kier alpha value is -6.52. The third-order valence-corrected chi connectivity index (χ3v) is 10.4. The van der Waals surface area contributed by atoms with Gasteiger partial charge in [-0.15, -0.1) is 0 Å². The van der Waals surface area contributed by atoms with Gasteiger partial charge in [0.15, 0.2) is 0 Å². The Morgan fingerprint density at radius 2 is 1.37 bits per heavy atom. The summed E-state index contributed by atoms with van der Waals surface area (Å²) in [5.41, 5.74) is 4.00. The van der Waals surface area contributed by atoms with Crippen LogP contribution in [0.1, 0.15) is 27.0 Å². The van der Waals surface area contributed by atoms with Gasteiger partial charge in [0.05, 0.1) is 13.1 Å². The number of hydrazine groups is 1. The lowest BCUT2D eigenvalue weighted by atomic mass is 9.98. The first-order valence-electron chi connectivity index (χ1n) is 18.1. The van der Waals surface area contributed by atoms with E-state index in [1.165, 1.54) is 5.01 Å². The number of piperazine rings is 1. The van der Waals surface area contributed by atoms with Crippen LogP contribution in [0.15, 0.2) is 140 Å². The van der Waals surface area contributed by atoms with Crippen LogP contribution in [0.3, 0.4) is 0 Å². The van der Waals surface area contributed by atoms with E-state index in [9.17, 15) is 19.2 Å². The molecular weight excluding hydrogens is 677 g/mol. The first-order valence-corrected chi connectivity index (χ1v) is 18.1. The number of nitrogens with zero attached hydrogens (tertiary/aromatic N) is 4. The molecule has 8 rings (SSSR count). The number of hydrogen-bond donors (Lipinski definition) is 2. The van der Waals surface area contributed by atoms with Crippen molar-refractivity contribution >= 4 is 51.0 Å². The van der Waals surface area contributed by atoms with E-state index in [0.717, 1.165) is 38.2 Å². The van der Waals surface area contributed by atoms with Gasteiger partial charge in [0.25, 0.3) is 5.91 Å². The average molecular weight is 717 g/mol. The fourth-order valence-corrected chi connectivity index (χ4v) is 7.66. The standard InChI is InChI=1S/C44H40N6O4/c1-47(44(54)45-26-31-11-3-2-4-12-31)49-29-41(51)50-39(43(53)48(28-40(49)50)27-34-17-9-15-32-13-5-7-18-36(32)34)25-30-21-23-35(24-22-30)46-42(52)38-20-10-16-33-14-6-8-19-37(33)38/h2-24,39-40H,25-29H2,1H3,(H,45,54)(H,46,52)/t39-,40+/m0/s1. The molecule has 54 heavy (non-hydrogen) atoms. The summed E-state index contributed by atoms with van der Waals surface area (Å²) in [4.78, 5) is 58.5. The van der Waals surface area contributed by atoms with Crippen molar-refractivity contribution in [2.24, 2.45) is 0 Å². The Labute approximate surface area is 313 Å². The Kier molecular flexibility index (Phi) is 9.50. The fourth-order valence-electron chi connectivity index (χ4n) is 7.66. The summed E-state index contributed by atoms with van der Waals surface area (Å²) in [6, 6.07) is 43.5. The summed E-state index contributed by atoms with van der Waals surface area (Å²) in [5, 5.41) is 13.2. The van der Waals surface area contributed by atoms with E-state index < -0.39 is 12.2 Å². The molecule has 6 aromatic carbocycles. The molecule has 5 amide bonds. The van der Waals surface area contributed by atoms with Crippen molar-refractivity contribution in [3.05, 3.63) is 162 Å². The van der Waals surface area contributed by atoms with Crippen LogP contribution in [0.5, 0.6) is 0 Å². The molecule has 2 heterocycles. The maximum Gasteiger partial charge on any atom is 0.332 e. The quantitative estimate of drug-likeness (QED) is 0.180. The van der Waals surface area contributed by atoms with Gasteiger partial charge in [-0.2, -0.15) is 5.01 Å². The van der Waals surface area contributed by atoms with Gasteiger partial charge >= 0.3 is 6.03 Å². The Morgan fingerprint density at radius 1 is 0.722 bits per heavy atom. The molecule has 6 aromatic rings. The normalized spacial score (nSPS) is 17.1. The molecule has 0 spiro atoms. The van der Waals surface area contributed by atoms with Crippen LogP contribution in [0.25, 0.3) is 21.5 Å². The van der Waals surface area contributed by atoms with Crippen LogP contribution in [0.2, 0.25) is 0 Å². The minimum Gasteiger partial charge on any atom is -0.333 e. The second kappa shape index (κ2) is 14.8. The summed E-state index contributed by atoms with van der Waals surface area (Å²) in [5.74, 6) is -0.586. The van der Waals surface area contributed by atoms with E-state index in [2.05, 4.69) is 28.8 Å². The number of nitrogens with one attached hydrogen (secondary N) is 2. The minimum absolute atomic E-state index is 0.0368. The maximum absolute atomic E-state index is 14.5. The topological polar surface area (TPSA) is 105 Å². The number of amides is 5. The largest absolute Gasteiger partial charge is 0.333 e. The molecule has 2 fully saturated rings. The summed E-state index contributed by atoms with van der Waals surface area (Å²) >= 11 is 0. The number of hydrogen-bond acceptors (Lipinski definition) is 5. The smallest absolute Gasteiger partial charge is 0.332 e. The number of carbonyl (C=O) groups is 4. The van der Waals surface area contributed by atoms with Crippen LogP contribution < -0.4 is 10.6 Å². The van der Waals surface area contributed by atoms with Crippen molar-refractivity contribution < 1.29 is 19.2 Å². The highest BCUT2D eigenvalue weighted by atomic mass is 16.2. The highest BCUT2D eigenvalue weighted by Gasteiger charge is 2.51. The number of carbonyl (C=O) groups excluding carboxylic acids is 4. The molecule has 2 aliphatic rings. The fraction of sp³-hybridized carbons (Fsp3) is 0.182. The highest BCUT2D eigenvalue weighted by molar-refractivity contribution is 6.13. The number of fused-ring (bicyclic) bond motifs is 3. The first-order chi connectivity index (χ1) is 26.3. The monoisotopic (exact) mass is 716 g/mol. The predicted molar refractivity (Wildman–Crippen MR) is 209 cm³/mol. The van der Waals surface area contributed by atoms with Crippen LogP contribution >= 0.6 is 0 Å². The van der Waals surface area contributed by atoms with Crippen LogP contribution in [-0.4, -0.2) is 75.9 Å². The van der Waals surface area contributed by atoms with Crippen LogP contribution in [0, 0.1) is 0 Å². The zero-order chi connectivity index (χ0) is 37.2. The number of benzene rings is 6. The zero-order valence-corrected chi connectivity index (χ0v) is 29.9. The third kappa shape index (κ3) is 6.87. The van der Waals surface area contributed by atoms with Crippen molar-refractivity contribution in [3.63, 3.8) is 0 Å². The zero-order valence-electron chi connectivity index (χ0n) is 29.9. The van der Waals surface area contributed by atoms with E-state index in [0.29, 0.717) is 24.3 Å². The van der Waals surface area contributed by atoms with E-state index in [1.807, 2.05) is 126 Å². The van der Waals surface area contributed by atoms with Crippen molar-refractivity contribution in [1.29, 1.82) is 0 Å². The molecule has 0 radical (unpaired) electrons. The number of rotatable bonds is 9. The van der Waals surface area contributed by atoms with Gasteiger partial charge in [-0.05, 0) is 56.4 Å². The Bertz CT molecular complexity index is 2350.